The molecule has 0 aromatic heterocycles. The van der Waals surface area contributed by atoms with E-state index in [1.165, 1.54) is 18.2 Å². The third-order valence-corrected chi connectivity index (χ3v) is 2.55. The summed E-state index contributed by atoms with van der Waals surface area (Å²) in [5, 5.41) is 12.6. The van der Waals surface area contributed by atoms with Gasteiger partial charge >= 0.3 is 0 Å². The van der Waals surface area contributed by atoms with E-state index < -0.39 is 0 Å². The monoisotopic (exact) mass is 242 g/mol. The molecular formula is C11H15ClN2O2. The maximum absolute atomic E-state index is 11.8. The zero-order valence-corrected chi connectivity index (χ0v) is 9.79. The molecule has 0 fully saturated rings. The quantitative estimate of drug-likeness (QED) is 0.749. The first-order valence-electron chi connectivity index (χ1n) is 5.08. The molecule has 4 N–H and O–H groups in total. The van der Waals surface area contributed by atoms with Crippen molar-refractivity contribution in [3.63, 3.8) is 0 Å². The minimum absolute atomic E-state index is 0.0891. The van der Waals surface area contributed by atoms with Crippen LogP contribution in [-0.2, 0) is 0 Å². The maximum atomic E-state index is 11.8. The van der Waals surface area contributed by atoms with Crippen molar-refractivity contribution in [1.29, 1.82) is 0 Å². The van der Waals surface area contributed by atoms with Crippen LogP contribution >= 0.6 is 11.6 Å². The SMILES string of the molecule is CCC(CN)NC(=O)c1cc(Cl)ccc1O. The number of phenolic OH excluding ortho intramolecular Hbond substituents is 1. The average molecular weight is 243 g/mol. The summed E-state index contributed by atoms with van der Waals surface area (Å²) in [6.45, 7) is 2.29. The minimum Gasteiger partial charge on any atom is -0.507 e. The average Bonchev–Trinajstić information content (AvgIpc) is 2.28. The van der Waals surface area contributed by atoms with Crippen LogP contribution < -0.4 is 11.1 Å². The lowest BCUT2D eigenvalue weighted by molar-refractivity contribution is 0.0934. The van der Waals surface area contributed by atoms with Gasteiger partial charge in [-0.1, -0.05) is 18.5 Å². The summed E-state index contributed by atoms with van der Waals surface area (Å²) in [4.78, 5) is 11.8. The highest BCUT2D eigenvalue weighted by atomic mass is 35.5. The molecule has 0 aliphatic heterocycles. The van der Waals surface area contributed by atoms with Gasteiger partial charge in [0.1, 0.15) is 5.75 Å². The van der Waals surface area contributed by atoms with Crippen molar-refractivity contribution >= 4 is 17.5 Å². The van der Waals surface area contributed by atoms with Crippen LogP contribution in [0, 0.1) is 0 Å². The van der Waals surface area contributed by atoms with E-state index in [1.807, 2.05) is 6.92 Å². The third-order valence-electron chi connectivity index (χ3n) is 2.32. The molecule has 1 aromatic carbocycles. The molecule has 0 spiro atoms. The fraction of sp³-hybridized carbons (Fsp3) is 0.364. The Hall–Kier alpha value is -1.26. The summed E-state index contributed by atoms with van der Waals surface area (Å²) in [5.74, 6) is -0.453. The topological polar surface area (TPSA) is 75.3 Å². The van der Waals surface area contributed by atoms with E-state index in [4.69, 9.17) is 17.3 Å². The first kappa shape index (κ1) is 12.8. The maximum Gasteiger partial charge on any atom is 0.255 e. The molecule has 16 heavy (non-hydrogen) atoms. The molecule has 1 atom stereocenters. The van der Waals surface area contributed by atoms with Gasteiger partial charge in [0.05, 0.1) is 5.56 Å². The Balaban J connectivity index is 2.83. The van der Waals surface area contributed by atoms with Crippen LogP contribution in [0.2, 0.25) is 5.02 Å². The van der Waals surface area contributed by atoms with Gasteiger partial charge in [0.15, 0.2) is 0 Å². The number of hydrogen-bond acceptors (Lipinski definition) is 3. The first-order chi connectivity index (χ1) is 7.58. The molecule has 5 heteroatoms. The molecule has 0 heterocycles. The second kappa shape index (κ2) is 5.72. The number of rotatable bonds is 4. The van der Waals surface area contributed by atoms with Crippen LogP contribution in [0.15, 0.2) is 18.2 Å². The van der Waals surface area contributed by atoms with Gasteiger partial charge < -0.3 is 16.2 Å². The summed E-state index contributed by atoms with van der Waals surface area (Å²) in [5.41, 5.74) is 5.64. The number of aromatic hydroxyl groups is 1. The van der Waals surface area contributed by atoms with Crippen molar-refractivity contribution in [2.24, 2.45) is 5.73 Å². The lowest BCUT2D eigenvalue weighted by Gasteiger charge is -2.15. The van der Waals surface area contributed by atoms with Gasteiger partial charge in [0.25, 0.3) is 5.91 Å². The molecular weight excluding hydrogens is 228 g/mol. The van der Waals surface area contributed by atoms with E-state index in [1.54, 1.807) is 0 Å². The number of halogens is 1. The molecule has 1 unspecified atom stereocenters. The number of phenols is 1. The summed E-state index contributed by atoms with van der Waals surface area (Å²) in [6, 6.07) is 4.25. The van der Waals surface area contributed by atoms with Gasteiger partial charge in [-0.3, -0.25) is 4.79 Å². The van der Waals surface area contributed by atoms with Crippen molar-refractivity contribution in [3.8, 4) is 5.75 Å². The summed E-state index contributed by atoms with van der Waals surface area (Å²) >= 11 is 5.75. The molecule has 88 valence electrons. The molecule has 1 amide bonds. The van der Waals surface area contributed by atoms with Crippen LogP contribution in [0.25, 0.3) is 0 Å². The summed E-state index contributed by atoms with van der Waals surface area (Å²) in [7, 11) is 0. The highest BCUT2D eigenvalue weighted by Gasteiger charge is 2.14. The van der Waals surface area contributed by atoms with Crippen LogP contribution in [0.4, 0.5) is 0 Å². The Labute approximate surface area is 99.4 Å². The third kappa shape index (κ3) is 3.12. The van der Waals surface area contributed by atoms with Crippen LogP contribution in [0.1, 0.15) is 23.7 Å². The van der Waals surface area contributed by atoms with E-state index in [0.717, 1.165) is 6.42 Å². The predicted octanol–water partition coefficient (Wildman–Crippen LogP) is 1.51. The fourth-order valence-electron chi connectivity index (χ4n) is 1.28. The van der Waals surface area contributed by atoms with Crippen molar-refractivity contribution in [2.75, 3.05) is 6.54 Å². The van der Waals surface area contributed by atoms with E-state index in [-0.39, 0.29) is 23.3 Å². The van der Waals surface area contributed by atoms with Crippen LogP contribution in [0.3, 0.4) is 0 Å². The van der Waals surface area contributed by atoms with Crippen molar-refractivity contribution in [1.82, 2.24) is 5.32 Å². The van der Waals surface area contributed by atoms with Gasteiger partial charge in [-0.15, -0.1) is 0 Å². The minimum atomic E-state index is -0.364. The number of hydrogen-bond donors (Lipinski definition) is 3. The van der Waals surface area contributed by atoms with Crippen LogP contribution in [0.5, 0.6) is 5.75 Å². The Bertz CT molecular complexity index is 378. The van der Waals surface area contributed by atoms with Gasteiger partial charge in [0.2, 0.25) is 0 Å². The molecule has 0 radical (unpaired) electrons. The zero-order valence-electron chi connectivity index (χ0n) is 9.03. The second-order valence-electron chi connectivity index (χ2n) is 3.48. The first-order valence-corrected chi connectivity index (χ1v) is 5.45. The Morgan fingerprint density at radius 2 is 2.31 bits per heavy atom. The normalized spacial score (nSPS) is 12.2. The van der Waals surface area contributed by atoms with Gasteiger partial charge in [-0.2, -0.15) is 0 Å². The zero-order chi connectivity index (χ0) is 12.1. The van der Waals surface area contributed by atoms with Crippen LogP contribution in [-0.4, -0.2) is 23.6 Å². The standard InChI is InChI=1S/C11H15ClN2O2/c1-2-8(6-13)14-11(16)9-5-7(12)3-4-10(9)15/h3-5,8,15H,2,6,13H2,1H3,(H,14,16). The van der Waals surface area contributed by atoms with Crippen molar-refractivity contribution in [2.45, 2.75) is 19.4 Å². The van der Waals surface area contributed by atoms with Crippen molar-refractivity contribution < 1.29 is 9.90 Å². The molecule has 1 rings (SSSR count). The van der Waals surface area contributed by atoms with E-state index in [0.29, 0.717) is 11.6 Å². The van der Waals surface area contributed by atoms with E-state index >= 15 is 0 Å². The van der Waals surface area contributed by atoms with E-state index in [2.05, 4.69) is 5.32 Å². The van der Waals surface area contributed by atoms with Gasteiger partial charge in [-0.25, -0.2) is 0 Å². The highest BCUT2D eigenvalue weighted by Crippen LogP contribution is 2.21. The number of carbonyl (C=O) groups excluding carboxylic acids is 1. The van der Waals surface area contributed by atoms with Gasteiger partial charge in [-0.05, 0) is 24.6 Å². The Morgan fingerprint density at radius 3 is 2.88 bits per heavy atom. The van der Waals surface area contributed by atoms with Crippen molar-refractivity contribution in [3.05, 3.63) is 28.8 Å². The molecule has 0 bridgehead atoms. The number of nitrogens with one attached hydrogen (secondary N) is 1. The number of nitrogens with two attached hydrogens (primary N) is 1. The molecule has 0 saturated heterocycles. The lowest BCUT2D eigenvalue weighted by Crippen LogP contribution is -2.39. The number of carbonyl (C=O) groups is 1. The second-order valence-corrected chi connectivity index (χ2v) is 3.91. The summed E-state index contributed by atoms with van der Waals surface area (Å²) in [6.07, 6.45) is 0.740. The molecule has 0 saturated carbocycles. The Morgan fingerprint density at radius 1 is 1.62 bits per heavy atom. The molecule has 1 aromatic rings. The largest absolute Gasteiger partial charge is 0.507 e. The number of amides is 1. The predicted molar refractivity (Wildman–Crippen MR) is 63.7 cm³/mol. The van der Waals surface area contributed by atoms with E-state index in [9.17, 15) is 9.90 Å². The molecule has 0 aliphatic carbocycles. The molecule has 0 aliphatic rings. The summed E-state index contributed by atoms with van der Waals surface area (Å²) < 4.78 is 0. The fourth-order valence-corrected chi connectivity index (χ4v) is 1.45. The number of benzene rings is 1. The lowest BCUT2D eigenvalue weighted by atomic mass is 10.1. The smallest absolute Gasteiger partial charge is 0.255 e. The molecule has 4 nitrogen and oxygen atoms in total. The van der Waals surface area contributed by atoms with Gasteiger partial charge in [0, 0.05) is 17.6 Å². The Kier molecular flexibility index (Phi) is 4.58. The highest BCUT2D eigenvalue weighted by molar-refractivity contribution is 6.31.